The summed E-state index contributed by atoms with van der Waals surface area (Å²) in [5.41, 5.74) is -0.209. The fourth-order valence-electron chi connectivity index (χ4n) is 3.97. The number of anilines is 2. The Hall–Kier alpha value is -2.94. The van der Waals surface area contributed by atoms with Crippen molar-refractivity contribution in [1.29, 1.82) is 0 Å². The Morgan fingerprint density at radius 1 is 0.933 bits per heavy atom. The van der Waals surface area contributed by atoms with E-state index in [1.165, 1.54) is 11.0 Å². The zero-order chi connectivity index (χ0) is 21.3. The van der Waals surface area contributed by atoms with Crippen LogP contribution in [0.5, 0.6) is 0 Å². The Morgan fingerprint density at radius 3 is 2.37 bits per heavy atom. The second kappa shape index (κ2) is 8.06. The van der Waals surface area contributed by atoms with E-state index >= 15 is 0 Å². The molecule has 1 aromatic heterocycles. The average Bonchev–Trinajstić information content (AvgIpc) is 2.89. The maximum absolute atomic E-state index is 12.9. The molecule has 2 aliphatic heterocycles. The van der Waals surface area contributed by atoms with Crippen LogP contribution in [0, 0.1) is 0 Å². The molecule has 2 amide bonds. The Morgan fingerprint density at radius 2 is 1.70 bits per heavy atom. The van der Waals surface area contributed by atoms with Crippen molar-refractivity contribution < 1.29 is 22.8 Å². The lowest BCUT2D eigenvalue weighted by atomic mass is 10.2. The number of rotatable bonds is 3. The molecule has 0 radical (unpaired) electrons. The topological polar surface area (TPSA) is 56.8 Å². The maximum Gasteiger partial charge on any atom is 0.417 e. The number of hydrogen-bond acceptors (Lipinski definition) is 5. The number of carbonyl (C=O) groups is 2. The van der Waals surface area contributed by atoms with Gasteiger partial charge in [-0.05, 0) is 30.7 Å². The molecular formula is C21H21F3N4O2. The van der Waals surface area contributed by atoms with Crippen LogP contribution >= 0.6 is 0 Å². The number of amides is 2. The monoisotopic (exact) mass is 418 g/mol. The van der Waals surface area contributed by atoms with E-state index in [1.807, 2.05) is 15.9 Å². The second-order valence-corrected chi connectivity index (χ2v) is 7.40. The van der Waals surface area contributed by atoms with E-state index < -0.39 is 17.8 Å². The highest BCUT2D eigenvalue weighted by atomic mass is 19.4. The van der Waals surface area contributed by atoms with Crippen molar-refractivity contribution in [1.82, 2.24) is 9.88 Å². The first kappa shape index (κ1) is 20.3. The van der Waals surface area contributed by atoms with Crippen molar-refractivity contribution in [2.75, 3.05) is 36.0 Å². The number of imide groups is 1. The summed E-state index contributed by atoms with van der Waals surface area (Å²) < 4.78 is 38.2. The van der Waals surface area contributed by atoms with Crippen LogP contribution in [0.3, 0.4) is 0 Å². The number of hydrogen-bond donors (Lipinski definition) is 0. The number of alkyl halides is 3. The van der Waals surface area contributed by atoms with Gasteiger partial charge in [0.1, 0.15) is 5.82 Å². The zero-order valence-electron chi connectivity index (χ0n) is 16.2. The summed E-state index contributed by atoms with van der Waals surface area (Å²) in [4.78, 5) is 34.5. The number of benzene rings is 1. The SMILES string of the molecule is O=C1C[C@H](N2CCCN(c3ccc(C(F)(F)F)cn3)CC2)C(=O)N1c1ccccc1. The summed E-state index contributed by atoms with van der Waals surface area (Å²) >= 11 is 0. The molecule has 0 unspecified atom stereocenters. The van der Waals surface area contributed by atoms with Gasteiger partial charge in [0, 0.05) is 32.4 Å². The van der Waals surface area contributed by atoms with Crippen molar-refractivity contribution in [3.05, 3.63) is 54.2 Å². The Balaban J connectivity index is 1.43. The highest BCUT2D eigenvalue weighted by Gasteiger charge is 2.43. The van der Waals surface area contributed by atoms with E-state index in [0.717, 1.165) is 12.3 Å². The third-order valence-electron chi connectivity index (χ3n) is 5.51. The number of para-hydroxylation sites is 1. The van der Waals surface area contributed by atoms with Crippen molar-refractivity contribution in [2.45, 2.75) is 25.1 Å². The number of nitrogens with zero attached hydrogens (tertiary/aromatic N) is 4. The molecular weight excluding hydrogens is 397 g/mol. The first-order valence-electron chi connectivity index (χ1n) is 9.79. The van der Waals surface area contributed by atoms with Crippen molar-refractivity contribution in [2.24, 2.45) is 0 Å². The van der Waals surface area contributed by atoms with E-state index in [9.17, 15) is 22.8 Å². The first-order chi connectivity index (χ1) is 14.3. The van der Waals surface area contributed by atoms with Gasteiger partial charge in [0.15, 0.2) is 0 Å². The Bertz CT molecular complexity index is 918. The highest BCUT2D eigenvalue weighted by molar-refractivity contribution is 6.22. The van der Waals surface area contributed by atoms with Crippen LogP contribution in [-0.2, 0) is 15.8 Å². The summed E-state index contributed by atoms with van der Waals surface area (Å²) in [5.74, 6) is 0.0265. The number of aromatic nitrogens is 1. The average molecular weight is 418 g/mol. The molecule has 3 heterocycles. The van der Waals surface area contributed by atoms with Crippen molar-refractivity contribution >= 4 is 23.3 Å². The minimum absolute atomic E-state index is 0.131. The molecule has 0 spiro atoms. The fraction of sp³-hybridized carbons (Fsp3) is 0.381. The predicted octanol–water partition coefficient (Wildman–Crippen LogP) is 2.94. The van der Waals surface area contributed by atoms with E-state index in [4.69, 9.17) is 0 Å². The maximum atomic E-state index is 12.9. The molecule has 1 atom stereocenters. The molecule has 0 N–H and O–H groups in total. The van der Waals surface area contributed by atoms with Crippen LogP contribution in [0.2, 0.25) is 0 Å². The molecule has 9 heteroatoms. The molecule has 30 heavy (non-hydrogen) atoms. The summed E-state index contributed by atoms with van der Waals surface area (Å²) in [6.07, 6.45) is -2.73. The zero-order valence-corrected chi connectivity index (χ0v) is 16.2. The predicted molar refractivity (Wildman–Crippen MR) is 105 cm³/mol. The minimum atomic E-state index is -4.42. The summed E-state index contributed by atoms with van der Waals surface area (Å²) in [6, 6.07) is 10.7. The van der Waals surface area contributed by atoms with Crippen LogP contribution in [-0.4, -0.2) is 53.9 Å². The molecule has 2 saturated heterocycles. The molecule has 2 aromatic rings. The molecule has 1 aromatic carbocycles. The molecule has 0 bridgehead atoms. The molecule has 158 valence electrons. The molecule has 6 nitrogen and oxygen atoms in total. The van der Waals surface area contributed by atoms with E-state index in [-0.39, 0.29) is 18.2 Å². The van der Waals surface area contributed by atoms with Gasteiger partial charge < -0.3 is 4.90 Å². The standard InChI is InChI=1S/C21H21F3N4O2/c22-21(23,24)15-7-8-18(25-14-15)27-10-4-9-26(11-12-27)17-13-19(29)28(20(17)30)16-5-2-1-3-6-16/h1-3,5-8,14,17H,4,9-13H2/t17-/m0/s1. The van der Waals surface area contributed by atoms with Crippen LogP contribution in [0.4, 0.5) is 24.7 Å². The lowest BCUT2D eigenvalue weighted by Crippen LogP contribution is -2.44. The number of carbonyl (C=O) groups excluding carboxylic acids is 2. The van der Waals surface area contributed by atoms with Crippen LogP contribution < -0.4 is 9.80 Å². The quantitative estimate of drug-likeness (QED) is 0.718. The summed E-state index contributed by atoms with van der Waals surface area (Å²) in [5, 5.41) is 0. The molecule has 4 rings (SSSR count). The van der Waals surface area contributed by atoms with Crippen molar-refractivity contribution in [3.63, 3.8) is 0 Å². The molecule has 2 aliphatic rings. The van der Waals surface area contributed by atoms with E-state index in [2.05, 4.69) is 4.98 Å². The first-order valence-corrected chi connectivity index (χ1v) is 9.79. The lowest BCUT2D eigenvalue weighted by molar-refractivity contribution is -0.137. The number of pyridine rings is 1. The van der Waals surface area contributed by atoms with Gasteiger partial charge in [-0.25, -0.2) is 9.88 Å². The van der Waals surface area contributed by atoms with E-state index in [1.54, 1.807) is 24.3 Å². The summed E-state index contributed by atoms with van der Waals surface area (Å²) in [6.45, 7) is 2.28. The van der Waals surface area contributed by atoms with Gasteiger partial charge in [-0.1, -0.05) is 18.2 Å². The second-order valence-electron chi connectivity index (χ2n) is 7.40. The van der Waals surface area contributed by atoms with Gasteiger partial charge in [0.2, 0.25) is 5.91 Å². The highest BCUT2D eigenvalue weighted by Crippen LogP contribution is 2.30. The smallest absolute Gasteiger partial charge is 0.355 e. The Kier molecular flexibility index (Phi) is 5.46. The largest absolute Gasteiger partial charge is 0.417 e. The lowest BCUT2D eigenvalue weighted by Gasteiger charge is -2.26. The fourth-order valence-corrected chi connectivity index (χ4v) is 3.97. The third-order valence-corrected chi connectivity index (χ3v) is 5.51. The molecule has 0 aliphatic carbocycles. The van der Waals surface area contributed by atoms with Gasteiger partial charge in [0.05, 0.1) is 23.7 Å². The van der Waals surface area contributed by atoms with Gasteiger partial charge in [0.25, 0.3) is 5.91 Å². The van der Waals surface area contributed by atoms with Gasteiger partial charge in [-0.15, -0.1) is 0 Å². The van der Waals surface area contributed by atoms with E-state index in [0.29, 0.717) is 44.1 Å². The van der Waals surface area contributed by atoms with Crippen LogP contribution in [0.25, 0.3) is 0 Å². The van der Waals surface area contributed by atoms with Gasteiger partial charge in [-0.3, -0.25) is 14.5 Å². The molecule has 2 fully saturated rings. The summed E-state index contributed by atoms with van der Waals surface area (Å²) in [7, 11) is 0. The van der Waals surface area contributed by atoms with Gasteiger partial charge in [-0.2, -0.15) is 13.2 Å². The van der Waals surface area contributed by atoms with Crippen molar-refractivity contribution in [3.8, 4) is 0 Å². The molecule has 0 saturated carbocycles. The Labute approximate surface area is 171 Å². The minimum Gasteiger partial charge on any atom is -0.355 e. The van der Waals surface area contributed by atoms with Crippen LogP contribution in [0.1, 0.15) is 18.4 Å². The van der Waals surface area contributed by atoms with Gasteiger partial charge >= 0.3 is 6.18 Å². The third kappa shape index (κ3) is 4.02. The number of halogens is 3. The van der Waals surface area contributed by atoms with Crippen LogP contribution in [0.15, 0.2) is 48.7 Å². The normalized spacial score (nSPS) is 21.2.